The fourth-order valence-corrected chi connectivity index (χ4v) is 1.56. The molecule has 0 aliphatic heterocycles. The van der Waals surface area contributed by atoms with Gasteiger partial charge in [-0.05, 0) is 24.3 Å². The summed E-state index contributed by atoms with van der Waals surface area (Å²) in [5, 5.41) is 2.31. The van der Waals surface area contributed by atoms with Gasteiger partial charge in [0.15, 0.2) is 0 Å². The molecule has 2 nitrogen and oxygen atoms in total. The van der Waals surface area contributed by atoms with Crippen LogP contribution in [0.5, 0.6) is 0 Å². The van der Waals surface area contributed by atoms with Crippen LogP contribution in [0.25, 0.3) is 21.9 Å². The van der Waals surface area contributed by atoms with E-state index >= 15 is 0 Å². The molecule has 1 N–H and O–H groups in total. The Hall–Kier alpha value is -1.70. The van der Waals surface area contributed by atoms with Crippen LogP contribution in [-0.2, 0) is 0 Å². The Labute approximate surface area is 68.8 Å². The van der Waals surface area contributed by atoms with E-state index < -0.39 is 0 Å². The highest BCUT2D eigenvalue weighted by Gasteiger charge is 2.02. The van der Waals surface area contributed by atoms with Gasteiger partial charge in [0, 0.05) is 22.5 Å². The minimum atomic E-state index is 0.966. The van der Waals surface area contributed by atoms with Crippen molar-refractivity contribution in [3.8, 4) is 0 Å². The number of fused-ring (bicyclic) bond motifs is 3. The monoisotopic (exact) mass is 157 g/mol. The minimum absolute atomic E-state index is 0.966. The number of benzene rings is 1. The molecule has 1 aromatic carbocycles. The average Bonchev–Trinajstić information content (AvgIpc) is 2.71. The van der Waals surface area contributed by atoms with Crippen molar-refractivity contribution in [1.29, 1.82) is 0 Å². The smallest absolute Gasteiger partial charge is 0.143 e. The van der Waals surface area contributed by atoms with Crippen molar-refractivity contribution < 1.29 is 4.42 Å². The molecule has 0 amide bonds. The van der Waals surface area contributed by atoms with E-state index in [2.05, 4.69) is 17.1 Å². The van der Waals surface area contributed by atoms with Crippen LogP contribution < -0.4 is 0 Å². The molecule has 0 aliphatic rings. The van der Waals surface area contributed by atoms with Gasteiger partial charge in [0.2, 0.25) is 0 Å². The highest BCUT2D eigenvalue weighted by atomic mass is 16.3. The van der Waals surface area contributed by atoms with Crippen LogP contribution in [0.3, 0.4) is 0 Å². The maximum atomic E-state index is 5.37. The maximum Gasteiger partial charge on any atom is 0.143 e. The van der Waals surface area contributed by atoms with E-state index in [1.807, 2.05) is 18.3 Å². The third-order valence-corrected chi connectivity index (χ3v) is 2.15. The first-order valence-electron chi connectivity index (χ1n) is 3.88. The summed E-state index contributed by atoms with van der Waals surface area (Å²) in [5.74, 6) is 0. The molecule has 0 saturated carbocycles. The second-order valence-electron chi connectivity index (χ2n) is 2.84. The van der Waals surface area contributed by atoms with E-state index in [0.29, 0.717) is 0 Å². The van der Waals surface area contributed by atoms with E-state index in [9.17, 15) is 0 Å². The van der Waals surface area contributed by atoms with Gasteiger partial charge in [0.05, 0.1) is 6.26 Å². The van der Waals surface area contributed by atoms with Crippen molar-refractivity contribution in [1.82, 2.24) is 4.98 Å². The molecule has 0 fully saturated rings. The Kier molecular flexibility index (Phi) is 0.939. The van der Waals surface area contributed by atoms with E-state index in [4.69, 9.17) is 4.42 Å². The van der Waals surface area contributed by atoms with Crippen molar-refractivity contribution in [2.24, 2.45) is 0 Å². The van der Waals surface area contributed by atoms with Gasteiger partial charge < -0.3 is 9.40 Å². The predicted molar refractivity (Wildman–Crippen MR) is 48.1 cm³/mol. The highest BCUT2D eigenvalue weighted by Crippen LogP contribution is 2.24. The third kappa shape index (κ3) is 0.593. The molecule has 12 heavy (non-hydrogen) atoms. The lowest BCUT2D eigenvalue weighted by atomic mass is 10.2. The van der Waals surface area contributed by atoms with Crippen LogP contribution in [0.4, 0.5) is 0 Å². The van der Waals surface area contributed by atoms with Crippen LogP contribution >= 0.6 is 0 Å². The summed E-state index contributed by atoms with van der Waals surface area (Å²) in [4.78, 5) is 3.14. The number of furan rings is 1. The van der Waals surface area contributed by atoms with Crippen LogP contribution in [0.2, 0.25) is 0 Å². The Morgan fingerprint density at radius 3 is 3.08 bits per heavy atom. The molecule has 0 saturated heterocycles. The van der Waals surface area contributed by atoms with Gasteiger partial charge in [-0.3, -0.25) is 0 Å². The summed E-state index contributed by atoms with van der Waals surface area (Å²) < 4.78 is 5.37. The van der Waals surface area contributed by atoms with Gasteiger partial charge in [-0.2, -0.15) is 0 Å². The SMILES string of the molecule is c1cc2c(ccc3ccoc32)[nH]1. The first kappa shape index (κ1) is 5.89. The Morgan fingerprint density at radius 2 is 2.08 bits per heavy atom. The van der Waals surface area contributed by atoms with Gasteiger partial charge in [0.25, 0.3) is 0 Å². The summed E-state index contributed by atoms with van der Waals surface area (Å²) in [6, 6.07) is 8.12. The zero-order valence-corrected chi connectivity index (χ0v) is 6.37. The van der Waals surface area contributed by atoms with Crippen LogP contribution in [0.1, 0.15) is 0 Å². The minimum Gasteiger partial charge on any atom is -0.464 e. The Morgan fingerprint density at radius 1 is 1.08 bits per heavy atom. The van der Waals surface area contributed by atoms with Gasteiger partial charge in [-0.1, -0.05) is 0 Å². The van der Waals surface area contributed by atoms with Gasteiger partial charge in [-0.15, -0.1) is 0 Å². The quantitative estimate of drug-likeness (QED) is 0.534. The molecule has 0 bridgehead atoms. The molecular formula is C10H7NO. The number of hydrogen-bond acceptors (Lipinski definition) is 1. The zero-order valence-electron chi connectivity index (χ0n) is 6.37. The topological polar surface area (TPSA) is 28.9 Å². The summed E-state index contributed by atoms with van der Waals surface area (Å²) in [7, 11) is 0. The molecule has 3 aromatic rings. The second-order valence-corrected chi connectivity index (χ2v) is 2.84. The van der Waals surface area contributed by atoms with Gasteiger partial charge in [-0.25, -0.2) is 0 Å². The van der Waals surface area contributed by atoms with E-state index in [1.54, 1.807) is 6.26 Å². The predicted octanol–water partition coefficient (Wildman–Crippen LogP) is 2.91. The summed E-state index contributed by atoms with van der Waals surface area (Å²) in [6.07, 6.45) is 3.64. The molecule has 0 radical (unpaired) electrons. The van der Waals surface area contributed by atoms with E-state index in [1.165, 1.54) is 0 Å². The first-order valence-corrected chi connectivity index (χ1v) is 3.88. The average molecular weight is 157 g/mol. The van der Waals surface area contributed by atoms with Crippen LogP contribution in [0.15, 0.2) is 41.1 Å². The lowest BCUT2D eigenvalue weighted by Gasteiger charge is -1.89. The first-order chi connectivity index (χ1) is 5.95. The molecule has 58 valence electrons. The van der Waals surface area contributed by atoms with Crippen LogP contribution in [-0.4, -0.2) is 4.98 Å². The normalized spacial score (nSPS) is 11.3. The van der Waals surface area contributed by atoms with Crippen molar-refractivity contribution in [3.63, 3.8) is 0 Å². The molecule has 2 aromatic heterocycles. The van der Waals surface area contributed by atoms with Gasteiger partial charge in [0.1, 0.15) is 5.58 Å². The number of nitrogens with one attached hydrogen (secondary N) is 1. The zero-order chi connectivity index (χ0) is 7.97. The lowest BCUT2D eigenvalue weighted by Crippen LogP contribution is -1.67. The Bertz CT molecular complexity index is 483. The van der Waals surface area contributed by atoms with E-state index in [0.717, 1.165) is 21.9 Å². The number of aromatic nitrogens is 1. The van der Waals surface area contributed by atoms with E-state index in [-0.39, 0.29) is 0 Å². The van der Waals surface area contributed by atoms with Crippen LogP contribution in [0, 0.1) is 0 Å². The fraction of sp³-hybridized carbons (Fsp3) is 0. The molecule has 0 atom stereocenters. The highest BCUT2D eigenvalue weighted by molar-refractivity contribution is 6.02. The number of hydrogen-bond donors (Lipinski definition) is 1. The Balaban J connectivity index is 2.71. The van der Waals surface area contributed by atoms with Crippen molar-refractivity contribution >= 4 is 21.9 Å². The molecular weight excluding hydrogens is 150 g/mol. The molecule has 0 unspecified atom stereocenters. The molecule has 2 heterocycles. The number of aromatic amines is 1. The number of rotatable bonds is 0. The lowest BCUT2D eigenvalue weighted by molar-refractivity contribution is 0.619. The van der Waals surface area contributed by atoms with Crippen molar-refractivity contribution in [2.75, 3.05) is 0 Å². The standard InChI is InChI=1S/C10H7NO/c1-2-9-8(3-5-11-9)10-7(1)4-6-12-10/h1-6,11H. The van der Waals surface area contributed by atoms with Gasteiger partial charge >= 0.3 is 0 Å². The largest absolute Gasteiger partial charge is 0.464 e. The fourth-order valence-electron chi connectivity index (χ4n) is 1.56. The third-order valence-electron chi connectivity index (χ3n) is 2.15. The molecule has 3 rings (SSSR count). The summed E-state index contributed by atoms with van der Waals surface area (Å²) >= 11 is 0. The molecule has 0 spiro atoms. The molecule has 2 heteroatoms. The van der Waals surface area contributed by atoms with Crippen molar-refractivity contribution in [3.05, 3.63) is 36.7 Å². The summed E-state index contributed by atoms with van der Waals surface area (Å²) in [5.41, 5.74) is 2.09. The molecule has 0 aliphatic carbocycles. The second kappa shape index (κ2) is 1.91. The number of H-pyrrole nitrogens is 1. The van der Waals surface area contributed by atoms with Crippen molar-refractivity contribution in [2.45, 2.75) is 0 Å². The summed E-state index contributed by atoms with van der Waals surface area (Å²) in [6.45, 7) is 0. The maximum absolute atomic E-state index is 5.37.